The fourth-order valence-corrected chi connectivity index (χ4v) is 3.97. The van der Waals surface area contributed by atoms with Crippen LogP contribution in [0.5, 0.6) is 0 Å². The lowest BCUT2D eigenvalue weighted by molar-refractivity contribution is 0.0983. The van der Waals surface area contributed by atoms with Crippen molar-refractivity contribution >= 4 is 17.9 Å². The van der Waals surface area contributed by atoms with E-state index in [9.17, 15) is 4.79 Å². The van der Waals surface area contributed by atoms with Crippen molar-refractivity contribution < 1.29 is 9.53 Å². The molecule has 0 bridgehead atoms. The van der Waals surface area contributed by atoms with Crippen LogP contribution in [-0.4, -0.2) is 59.8 Å². The number of piperidine rings is 1. The summed E-state index contributed by atoms with van der Waals surface area (Å²) in [6, 6.07) is 12.6. The van der Waals surface area contributed by atoms with Gasteiger partial charge in [-0.15, -0.1) is 0 Å². The van der Waals surface area contributed by atoms with E-state index in [2.05, 4.69) is 28.4 Å². The van der Waals surface area contributed by atoms with E-state index < -0.39 is 0 Å². The van der Waals surface area contributed by atoms with E-state index in [1.54, 1.807) is 4.90 Å². The largest absolute Gasteiger partial charge is 0.450 e. The molecule has 7 nitrogen and oxygen atoms in total. The van der Waals surface area contributed by atoms with Crippen LogP contribution in [0, 0.1) is 0 Å². The lowest BCUT2D eigenvalue weighted by Crippen LogP contribution is -2.42. The summed E-state index contributed by atoms with van der Waals surface area (Å²) in [5, 5.41) is 3.52. The van der Waals surface area contributed by atoms with Gasteiger partial charge in [0.1, 0.15) is 5.82 Å². The molecule has 2 saturated heterocycles. The van der Waals surface area contributed by atoms with Crippen molar-refractivity contribution in [2.75, 3.05) is 43.0 Å². The van der Waals surface area contributed by atoms with Crippen molar-refractivity contribution in [3.63, 3.8) is 0 Å². The fraction of sp³-hybridized carbons (Fsp3) is 0.500. The van der Waals surface area contributed by atoms with Gasteiger partial charge in [-0.25, -0.2) is 9.78 Å². The quantitative estimate of drug-likeness (QED) is 0.831. The zero-order valence-corrected chi connectivity index (χ0v) is 17.0. The molecule has 1 aromatic carbocycles. The summed E-state index contributed by atoms with van der Waals surface area (Å²) in [6.45, 7) is 5.71. The molecule has 0 saturated carbocycles. The van der Waals surface area contributed by atoms with E-state index in [-0.39, 0.29) is 12.1 Å². The Morgan fingerprint density at radius 2 is 1.83 bits per heavy atom. The van der Waals surface area contributed by atoms with Crippen molar-refractivity contribution in [2.45, 2.75) is 38.6 Å². The zero-order chi connectivity index (χ0) is 20.1. The average molecular weight is 396 g/mol. The summed E-state index contributed by atoms with van der Waals surface area (Å²) in [5.74, 6) is 1.66. The third kappa shape index (κ3) is 4.78. The van der Waals surface area contributed by atoms with Gasteiger partial charge in [0.15, 0.2) is 0 Å². The van der Waals surface area contributed by atoms with Gasteiger partial charge in [-0.2, -0.15) is 4.98 Å². The first-order valence-electron chi connectivity index (χ1n) is 10.6. The van der Waals surface area contributed by atoms with Crippen molar-refractivity contribution in [1.29, 1.82) is 0 Å². The number of carbonyl (C=O) groups excluding carboxylic acids is 1. The molecule has 2 aliphatic heterocycles. The smallest absolute Gasteiger partial charge is 0.409 e. The minimum Gasteiger partial charge on any atom is -0.450 e. The summed E-state index contributed by atoms with van der Waals surface area (Å²) in [4.78, 5) is 25.6. The molecule has 2 fully saturated rings. The summed E-state index contributed by atoms with van der Waals surface area (Å²) in [7, 11) is 0. The summed E-state index contributed by atoms with van der Waals surface area (Å²) in [5.41, 5.74) is 2.03. The maximum atomic E-state index is 11.9. The highest BCUT2D eigenvalue weighted by Gasteiger charge is 2.24. The number of aromatic nitrogens is 2. The second-order valence-electron chi connectivity index (χ2n) is 7.60. The Bertz CT molecular complexity index is 815. The van der Waals surface area contributed by atoms with Gasteiger partial charge in [-0.05, 0) is 32.6 Å². The van der Waals surface area contributed by atoms with E-state index in [1.807, 2.05) is 25.1 Å². The first kappa shape index (κ1) is 19.5. The monoisotopic (exact) mass is 395 g/mol. The van der Waals surface area contributed by atoms with Gasteiger partial charge >= 0.3 is 6.09 Å². The molecule has 0 spiro atoms. The van der Waals surface area contributed by atoms with Gasteiger partial charge in [0.2, 0.25) is 5.95 Å². The minimum atomic E-state index is -0.218. The van der Waals surface area contributed by atoms with Gasteiger partial charge in [0, 0.05) is 43.9 Å². The standard InChI is InChI=1S/C22H29N5O2/c1-2-29-22(28)27-14-10-18(11-15-27)23-21-24-19(17-8-4-3-5-9-17)16-20(25-21)26-12-6-7-13-26/h3-5,8-9,16,18H,2,6-7,10-15H2,1H3,(H,23,24,25). The third-order valence-corrected chi connectivity index (χ3v) is 5.57. The third-order valence-electron chi connectivity index (χ3n) is 5.57. The molecular formula is C22H29N5O2. The molecule has 2 aliphatic rings. The number of benzene rings is 1. The second kappa shape index (κ2) is 9.11. The molecular weight excluding hydrogens is 366 g/mol. The van der Waals surface area contributed by atoms with Gasteiger partial charge in [0.05, 0.1) is 12.3 Å². The topological polar surface area (TPSA) is 70.6 Å². The van der Waals surface area contributed by atoms with Crippen LogP contribution in [0.15, 0.2) is 36.4 Å². The number of ether oxygens (including phenoxy) is 1. The zero-order valence-electron chi connectivity index (χ0n) is 17.0. The molecule has 0 atom stereocenters. The van der Waals surface area contributed by atoms with Gasteiger partial charge in [-0.3, -0.25) is 0 Å². The highest BCUT2D eigenvalue weighted by Crippen LogP contribution is 2.26. The molecule has 29 heavy (non-hydrogen) atoms. The predicted molar refractivity (Wildman–Crippen MR) is 114 cm³/mol. The van der Waals surface area contributed by atoms with E-state index >= 15 is 0 Å². The van der Waals surface area contributed by atoms with Crippen molar-refractivity contribution in [2.24, 2.45) is 0 Å². The lowest BCUT2D eigenvalue weighted by Gasteiger charge is -2.31. The molecule has 154 valence electrons. The number of nitrogens with one attached hydrogen (secondary N) is 1. The van der Waals surface area contributed by atoms with E-state index in [4.69, 9.17) is 14.7 Å². The van der Waals surface area contributed by atoms with Crippen LogP contribution in [0.1, 0.15) is 32.6 Å². The number of likely N-dealkylation sites (tertiary alicyclic amines) is 1. The van der Waals surface area contributed by atoms with E-state index in [0.717, 1.165) is 43.0 Å². The highest BCUT2D eigenvalue weighted by atomic mass is 16.6. The molecule has 0 unspecified atom stereocenters. The Labute approximate surface area is 172 Å². The van der Waals surface area contributed by atoms with Gasteiger partial charge < -0.3 is 19.9 Å². The molecule has 2 aromatic rings. The lowest BCUT2D eigenvalue weighted by atomic mass is 10.1. The maximum Gasteiger partial charge on any atom is 0.409 e. The molecule has 1 N–H and O–H groups in total. The van der Waals surface area contributed by atoms with Crippen molar-refractivity contribution in [1.82, 2.24) is 14.9 Å². The molecule has 7 heteroatoms. The van der Waals surface area contributed by atoms with Crippen LogP contribution in [0.2, 0.25) is 0 Å². The van der Waals surface area contributed by atoms with Gasteiger partial charge in [0.25, 0.3) is 0 Å². The molecule has 3 heterocycles. The van der Waals surface area contributed by atoms with Crippen LogP contribution in [0.4, 0.5) is 16.6 Å². The van der Waals surface area contributed by atoms with Crippen LogP contribution in [0.3, 0.4) is 0 Å². The maximum absolute atomic E-state index is 11.9. The van der Waals surface area contributed by atoms with Crippen LogP contribution in [-0.2, 0) is 4.74 Å². The molecule has 1 amide bonds. The molecule has 4 rings (SSSR count). The Balaban J connectivity index is 1.49. The SMILES string of the molecule is CCOC(=O)N1CCC(Nc2nc(-c3ccccc3)cc(N3CCCC3)n2)CC1. The Kier molecular flexibility index (Phi) is 6.12. The minimum absolute atomic E-state index is 0.218. The Morgan fingerprint density at radius 3 is 2.52 bits per heavy atom. The van der Waals surface area contributed by atoms with Crippen LogP contribution < -0.4 is 10.2 Å². The van der Waals surface area contributed by atoms with Crippen molar-refractivity contribution in [3.05, 3.63) is 36.4 Å². The van der Waals surface area contributed by atoms with Crippen molar-refractivity contribution in [3.8, 4) is 11.3 Å². The average Bonchev–Trinajstić information content (AvgIpc) is 3.30. The number of anilines is 2. The second-order valence-corrected chi connectivity index (χ2v) is 7.60. The summed E-state index contributed by atoms with van der Waals surface area (Å²) >= 11 is 0. The number of hydrogen-bond acceptors (Lipinski definition) is 6. The number of nitrogens with zero attached hydrogens (tertiary/aromatic N) is 4. The Hall–Kier alpha value is -2.83. The fourth-order valence-electron chi connectivity index (χ4n) is 3.97. The first-order chi connectivity index (χ1) is 14.2. The molecule has 0 aliphatic carbocycles. The number of amides is 1. The highest BCUT2D eigenvalue weighted by molar-refractivity contribution is 5.68. The predicted octanol–water partition coefficient (Wildman–Crippen LogP) is 3.78. The first-order valence-corrected chi connectivity index (χ1v) is 10.6. The Morgan fingerprint density at radius 1 is 1.10 bits per heavy atom. The number of rotatable bonds is 5. The number of hydrogen-bond donors (Lipinski definition) is 1. The van der Waals surface area contributed by atoms with Crippen LogP contribution in [0.25, 0.3) is 11.3 Å². The van der Waals surface area contributed by atoms with Crippen LogP contribution >= 0.6 is 0 Å². The van der Waals surface area contributed by atoms with E-state index in [0.29, 0.717) is 25.6 Å². The summed E-state index contributed by atoms with van der Waals surface area (Å²) < 4.78 is 5.11. The number of carbonyl (C=O) groups is 1. The molecule has 1 aromatic heterocycles. The normalized spacial score (nSPS) is 17.4. The van der Waals surface area contributed by atoms with Gasteiger partial charge in [-0.1, -0.05) is 30.3 Å². The van der Waals surface area contributed by atoms with E-state index in [1.165, 1.54) is 12.8 Å². The summed E-state index contributed by atoms with van der Waals surface area (Å²) in [6.07, 6.45) is 3.91. The molecule has 0 radical (unpaired) electrons.